The number of benzene rings is 3. The molecule has 1 aliphatic carbocycles. The lowest BCUT2D eigenvalue weighted by Crippen LogP contribution is -2.14. The van der Waals surface area contributed by atoms with E-state index in [9.17, 15) is 9.59 Å². The number of aromatic nitrogens is 1. The van der Waals surface area contributed by atoms with Crippen LogP contribution in [0.15, 0.2) is 75.9 Å². The van der Waals surface area contributed by atoms with Crippen LogP contribution in [0.1, 0.15) is 47.2 Å². The predicted octanol–water partition coefficient (Wildman–Crippen LogP) is 5.77. The summed E-state index contributed by atoms with van der Waals surface area (Å²) >= 11 is 0. The second kappa shape index (κ2) is 8.79. The topological polar surface area (TPSA) is 72.2 Å². The van der Waals surface area contributed by atoms with E-state index in [0.717, 1.165) is 19.3 Å². The summed E-state index contributed by atoms with van der Waals surface area (Å²) in [5, 5.41) is 3.42. The van der Waals surface area contributed by atoms with Crippen LogP contribution in [0.5, 0.6) is 0 Å². The number of aryl methyl sites for hydroxylation is 2. The van der Waals surface area contributed by atoms with E-state index in [-0.39, 0.29) is 11.8 Å². The van der Waals surface area contributed by atoms with E-state index in [0.29, 0.717) is 27.7 Å². The van der Waals surface area contributed by atoms with E-state index in [1.165, 1.54) is 30.4 Å². The van der Waals surface area contributed by atoms with Crippen molar-refractivity contribution in [1.29, 1.82) is 0 Å². The summed E-state index contributed by atoms with van der Waals surface area (Å²) in [6.07, 6.45) is 6.97. The molecular formula is C27H24N2O3. The van der Waals surface area contributed by atoms with Gasteiger partial charge in [-0.15, -0.1) is 0 Å². The van der Waals surface area contributed by atoms with Crippen molar-refractivity contribution in [3.63, 3.8) is 0 Å². The second-order valence-electron chi connectivity index (χ2n) is 8.22. The van der Waals surface area contributed by atoms with E-state index in [1.807, 2.05) is 30.3 Å². The van der Waals surface area contributed by atoms with Gasteiger partial charge in [0.2, 0.25) is 5.89 Å². The molecule has 1 amide bonds. The number of hydrogen-bond donors (Lipinski definition) is 1. The van der Waals surface area contributed by atoms with Gasteiger partial charge in [-0.2, -0.15) is 0 Å². The number of nitrogens with zero attached hydrogens (tertiary/aromatic N) is 1. The van der Waals surface area contributed by atoms with E-state index in [1.54, 1.807) is 30.3 Å². The van der Waals surface area contributed by atoms with Crippen LogP contribution in [0.2, 0.25) is 0 Å². The second-order valence-corrected chi connectivity index (χ2v) is 8.22. The molecule has 0 unspecified atom stereocenters. The summed E-state index contributed by atoms with van der Waals surface area (Å²) in [7, 11) is 0. The Bertz CT molecular complexity index is 1360. The summed E-state index contributed by atoms with van der Waals surface area (Å²) in [6, 6.07) is 20.3. The van der Waals surface area contributed by atoms with Crippen molar-refractivity contribution >= 4 is 22.5 Å². The first kappa shape index (κ1) is 20.2. The number of hydrogen-bond acceptors (Lipinski definition) is 4. The van der Waals surface area contributed by atoms with Crippen LogP contribution in [-0.2, 0) is 12.8 Å². The molecule has 3 aromatic carbocycles. The quantitative estimate of drug-likeness (QED) is 0.453. The van der Waals surface area contributed by atoms with Gasteiger partial charge in [0.25, 0.3) is 5.91 Å². The molecule has 1 aliphatic rings. The zero-order chi connectivity index (χ0) is 21.9. The summed E-state index contributed by atoms with van der Waals surface area (Å²) in [5.74, 6) is -0.00627. The van der Waals surface area contributed by atoms with Crippen molar-refractivity contribution in [1.82, 2.24) is 4.98 Å². The van der Waals surface area contributed by atoms with E-state index in [4.69, 9.17) is 4.42 Å². The number of carbonyl (C=O) groups excluding carboxylic acids is 1. The lowest BCUT2D eigenvalue weighted by molar-refractivity contribution is 0.102. The van der Waals surface area contributed by atoms with Gasteiger partial charge < -0.3 is 9.73 Å². The van der Waals surface area contributed by atoms with Gasteiger partial charge in [0, 0.05) is 5.56 Å². The van der Waals surface area contributed by atoms with Gasteiger partial charge in [0.05, 0.1) is 22.2 Å². The molecule has 0 fully saturated rings. The maximum atomic E-state index is 13.1. The van der Waals surface area contributed by atoms with Crippen molar-refractivity contribution in [2.75, 3.05) is 5.32 Å². The first-order chi connectivity index (χ1) is 15.7. The van der Waals surface area contributed by atoms with Crippen molar-refractivity contribution in [3.05, 3.63) is 93.8 Å². The molecule has 0 saturated heterocycles. The van der Waals surface area contributed by atoms with Crippen LogP contribution < -0.4 is 10.9 Å². The zero-order valence-electron chi connectivity index (χ0n) is 17.8. The summed E-state index contributed by atoms with van der Waals surface area (Å²) in [5.41, 5.74) is 4.48. The fraction of sp³-hybridized carbons (Fsp3) is 0.222. The highest BCUT2D eigenvalue weighted by molar-refractivity contribution is 6.06. The maximum absolute atomic E-state index is 13.1. The van der Waals surface area contributed by atoms with Gasteiger partial charge in [-0.3, -0.25) is 4.79 Å². The molecule has 0 atom stereocenters. The third-order valence-corrected chi connectivity index (χ3v) is 6.05. The van der Waals surface area contributed by atoms with Crippen molar-refractivity contribution in [2.45, 2.75) is 38.5 Å². The molecule has 0 radical (unpaired) electrons. The molecule has 5 nitrogen and oxygen atoms in total. The summed E-state index contributed by atoms with van der Waals surface area (Å²) in [6.45, 7) is 0. The Morgan fingerprint density at radius 1 is 0.844 bits per heavy atom. The molecule has 0 spiro atoms. The smallest absolute Gasteiger partial charge is 0.347 e. The fourth-order valence-electron chi connectivity index (χ4n) is 4.34. The average molecular weight is 425 g/mol. The van der Waals surface area contributed by atoms with Crippen molar-refractivity contribution < 1.29 is 9.21 Å². The largest absolute Gasteiger partial charge is 0.403 e. The standard InChI is InChI=1S/C27H24N2O3/c30-25(20-16-15-18-9-3-1-2-4-10-19(18)17-20)28-23-13-7-5-11-21(23)26-29-24-14-8-6-12-22(24)27(31)32-26/h5-8,11-17H,1-4,9-10H2,(H,28,30). The van der Waals surface area contributed by atoms with E-state index < -0.39 is 5.63 Å². The Morgan fingerprint density at radius 2 is 1.59 bits per heavy atom. The van der Waals surface area contributed by atoms with Crippen molar-refractivity contribution in [3.8, 4) is 11.5 Å². The summed E-state index contributed by atoms with van der Waals surface area (Å²) < 4.78 is 5.49. The van der Waals surface area contributed by atoms with Crippen LogP contribution >= 0.6 is 0 Å². The van der Waals surface area contributed by atoms with Gasteiger partial charge >= 0.3 is 5.63 Å². The molecule has 0 saturated carbocycles. The number of anilines is 1. The monoisotopic (exact) mass is 424 g/mol. The number of rotatable bonds is 3. The minimum atomic E-state index is -0.451. The molecule has 1 N–H and O–H groups in total. The number of nitrogens with one attached hydrogen (secondary N) is 1. The highest BCUT2D eigenvalue weighted by atomic mass is 16.4. The van der Waals surface area contributed by atoms with Crippen LogP contribution in [0, 0.1) is 0 Å². The highest BCUT2D eigenvalue weighted by Gasteiger charge is 2.16. The van der Waals surface area contributed by atoms with Crippen LogP contribution in [0.25, 0.3) is 22.4 Å². The number of amides is 1. The zero-order valence-corrected chi connectivity index (χ0v) is 17.8. The minimum absolute atomic E-state index is 0.183. The molecule has 0 aliphatic heterocycles. The maximum Gasteiger partial charge on any atom is 0.347 e. The Hall–Kier alpha value is -3.73. The molecule has 5 rings (SSSR count). The lowest BCUT2D eigenvalue weighted by atomic mass is 9.92. The molecule has 32 heavy (non-hydrogen) atoms. The average Bonchev–Trinajstić information content (AvgIpc) is 2.79. The molecule has 5 heteroatoms. The Kier molecular flexibility index (Phi) is 5.55. The fourth-order valence-corrected chi connectivity index (χ4v) is 4.34. The number of fused-ring (bicyclic) bond motifs is 2. The van der Waals surface area contributed by atoms with Crippen LogP contribution in [0.4, 0.5) is 5.69 Å². The molecule has 4 aromatic rings. The first-order valence-electron chi connectivity index (χ1n) is 11.1. The third kappa shape index (κ3) is 4.06. The third-order valence-electron chi connectivity index (χ3n) is 6.05. The lowest BCUT2D eigenvalue weighted by Gasteiger charge is -2.15. The van der Waals surface area contributed by atoms with Gasteiger partial charge in [0.1, 0.15) is 0 Å². The summed E-state index contributed by atoms with van der Waals surface area (Å²) in [4.78, 5) is 30.0. The molecule has 0 bridgehead atoms. The predicted molar refractivity (Wildman–Crippen MR) is 126 cm³/mol. The molecule has 160 valence electrons. The van der Waals surface area contributed by atoms with Gasteiger partial charge in [0.15, 0.2) is 0 Å². The van der Waals surface area contributed by atoms with E-state index in [2.05, 4.69) is 16.4 Å². The Morgan fingerprint density at radius 3 is 2.47 bits per heavy atom. The first-order valence-corrected chi connectivity index (χ1v) is 11.1. The molecular weight excluding hydrogens is 400 g/mol. The minimum Gasteiger partial charge on any atom is -0.403 e. The van der Waals surface area contributed by atoms with Gasteiger partial charge in [-0.05, 0) is 73.2 Å². The van der Waals surface area contributed by atoms with Crippen molar-refractivity contribution in [2.24, 2.45) is 0 Å². The molecule has 1 aromatic heterocycles. The van der Waals surface area contributed by atoms with Crippen LogP contribution in [0.3, 0.4) is 0 Å². The van der Waals surface area contributed by atoms with Crippen LogP contribution in [-0.4, -0.2) is 10.9 Å². The Balaban J connectivity index is 1.47. The van der Waals surface area contributed by atoms with E-state index >= 15 is 0 Å². The number of para-hydroxylation sites is 2. The normalized spacial score (nSPS) is 13.8. The molecule has 1 heterocycles. The number of carbonyl (C=O) groups is 1. The van der Waals surface area contributed by atoms with Gasteiger partial charge in [-0.1, -0.05) is 43.2 Å². The Labute approximate surface area is 186 Å². The highest BCUT2D eigenvalue weighted by Crippen LogP contribution is 2.28. The van der Waals surface area contributed by atoms with Gasteiger partial charge in [-0.25, -0.2) is 9.78 Å². The SMILES string of the molecule is O=C(Nc1ccccc1-c1nc2ccccc2c(=O)o1)c1ccc2c(c1)CCCCCC2.